The first kappa shape index (κ1) is 16.6. The summed E-state index contributed by atoms with van der Waals surface area (Å²) in [5.74, 6) is 0. The molecule has 3 aromatic carbocycles. The van der Waals surface area contributed by atoms with Crippen molar-refractivity contribution in [3.05, 3.63) is 101 Å². The number of aromatic nitrogens is 2. The number of fused-ring (bicyclic) bond motifs is 3. The topological polar surface area (TPSA) is 26.9 Å². The van der Waals surface area contributed by atoms with Crippen molar-refractivity contribution in [1.29, 1.82) is 0 Å². The molecular weight excluding hydrogens is 344 g/mol. The van der Waals surface area contributed by atoms with Crippen LogP contribution in [0.25, 0.3) is 38.8 Å². The van der Waals surface area contributed by atoms with Crippen molar-refractivity contribution in [2.45, 2.75) is 6.92 Å². The van der Waals surface area contributed by atoms with Crippen LogP contribution < -0.4 is 5.56 Å². The normalized spacial score (nSPS) is 11.4. The van der Waals surface area contributed by atoms with Crippen LogP contribution in [-0.2, 0) is 7.05 Å². The molecule has 0 saturated heterocycles. The zero-order chi connectivity index (χ0) is 19.3. The lowest BCUT2D eigenvalue weighted by molar-refractivity contribution is 0.908. The Labute approximate surface area is 163 Å². The van der Waals surface area contributed by atoms with Gasteiger partial charge in [-0.15, -0.1) is 0 Å². The predicted molar refractivity (Wildman–Crippen MR) is 116 cm³/mol. The van der Waals surface area contributed by atoms with Crippen molar-refractivity contribution in [3.63, 3.8) is 0 Å². The van der Waals surface area contributed by atoms with Crippen LogP contribution in [0.15, 0.2) is 89.7 Å². The van der Waals surface area contributed by atoms with Gasteiger partial charge in [-0.3, -0.25) is 4.79 Å². The van der Waals surface area contributed by atoms with Crippen molar-refractivity contribution in [2.75, 3.05) is 0 Å². The van der Waals surface area contributed by atoms with E-state index in [2.05, 4.69) is 60.0 Å². The van der Waals surface area contributed by atoms with Crippen LogP contribution in [0.4, 0.5) is 0 Å². The van der Waals surface area contributed by atoms with E-state index in [9.17, 15) is 4.79 Å². The van der Waals surface area contributed by atoms with Crippen LogP contribution in [0.1, 0.15) is 5.56 Å². The molecule has 0 N–H and O–H groups in total. The van der Waals surface area contributed by atoms with Gasteiger partial charge in [-0.2, -0.15) is 0 Å². The van der Waals surface area contributed by atoms with Crippen molar-refractivity contribution in [2.24, 2.45) is 7.05 Å². The van der Waals surface area contributed by atoms with Gasteiger partial charge in [0.25, 0.3) is 5.56 Å². The Bertz CT molecular complexity index is 1370. The minimum absolute atomic E-state index is 0.0106. The van der Waals surface area contributed by atoms with Gasteiger partial charge in [0.15, 0.2) is 0 Å². The standard InChI is InChI=1S/C25H20N2O/c1-17-12-14-19(15-13-17)27-23(18-8-4-3-5-9-18)16-21-20-10-6-7-11-22(20)26(2)25(28)24(21)27/h3-16H,1-2H3. The molecule has 2 aromatic heterocycles. The summed E-state index contributed by atoms with van der Waals surface area (Å²) in [7, 11) is 1.85. The largest absolute Gasteiger partial charge is 0.310 e. The summed E-state index contributed by atoms with van der Waals surface area (Å²) in [6, 6.07) is 28.8. The van der Waals surface area contributed by atoms with Crippen LogP contribution >= 0.6 is 0 Å². The average Bonchev–Trinajstić information content (AvgIpc) is 3.14. The molecule has 0 amide bonds. The molecule has 2 heterocycles. The SMILES string of the molecule is Cc1ccc(-n2c(-c3ccccc3)cc3c4ccccc4n(C)c(=O)c32)cc1. The van der Waals surface area contributed by atoms with Crippen LogP contribution in [0, 0.1) is 6.92 Å². The Kier molecular flexibility index (Phi) is 3.69. The number of para-hydroxylation sites is 1. The number of hydrogen-bond donors (Lipinski definition) is 0. The van der Waals surface area contributed by atoms with E-state index < -0.39 is 0 Å². The van der Waals surface area contributed by atoms with E-state index in [1.54, 1.807) is 4.57 Å². The number of aryl methyl sites for hydroxylation is 2. The molecule has 0 aliphatic heterocycles. The molecule has 0 unspecified atom stereocenters. The lowest BCUT2D eigenvalue weighted by atomic mass is 10.1. The molecule has 5 aromatic rings. The maximum atomic E-state index is 13.4. The van der Waals surface area contributed by atoms with Gasteiger partial charge in [-0.1, -0.05) is 66.2 Å². The second-order valence-electron chi connectivity index (χ2n) is 7.21. The van der Waals surface area contributed by atoms with E-state index in [0.717, 1.165) is 33.2 Å². The second kappa shape index (κ2) is 6.24. The van der Waals surface area contributed by atoms with Gasteiger partial charge >= 0.3 is 0 Å². The number of rotatable bonds is 2. The number of pyridine rings is 1. The highest BCUT2D eigenvalue weighted by Crippen LogP contribution is 2.33. The van der Waals surface area contributed by atoms with Crippen molar-refractivity contribution in [1.82, 2.24) is 9.13 Å². The highest BCUT2D eigenvalue weighted by Gasteiger charge is 2.18. The monoisotopic (exact) mass is 364 g/mol. The molecule has 28 heavy (non-hydrogen) atoms. The van der Waals surface area contributed by atoms with Crippen LogP contribution in [0.5, 0.6) is 0 Å². The average molecular weight is 364 g/mol. The first-order chi connectivity index (χ1) is 13.6. The fourth-order valence-electron chi connectivity index (χ4n) is 3.97. The van der Waals surface area contributed by atoms with Gasteiger partial charge in [0, 0.05) is 23.5 Å². The summed E-state index contributed by atoms with van der Waals surface area (Å²) in [5.41, 5.74) is 5.96. The maximum absolute atomic E-state index is 13.4. The van der Waals surface area contributed by atoms with E-state index in [-0.39, 0.29) is 5.56 Å². The lowest BCUT2D eigenvalue weighted by Gasteiger charge is -2.13. The van der Waals surface area contributed by atoms with Gasteiger partial charge in [0.2, 0.25) is 0 Å². The summed E-state index contributed by atoms with van der Waals surface area (Å²) in [5, 5.41) is 2.07. The van der Waals surface area contributed by atoms with Gasteiger partial charge in [-0.05, 0) is 36.8 Å². The molecule has 136 valence electrons. The summed E-state index contributed by atoms with van der Waals surface area (Å²) < 4.78 is 3.84. The third kappa shape index (κ3) is 2.40. The van der Waals surface area contributed by atoms with Gasteiger partial charge < -0.3 is 9.13 Å². The quantitative estimate of drug-likeness (QED) is 0.409. The van der Waals surface area contributed by atoms with Crippen molar-refractivity contribution < 1.29 is 0 Å². The molecule has 0 bridgehead atoms. The third-order valence-electron chi connectivity index (χ3n) is 5.43. The predicted octanol–water partition coefficient (Wildman–Crippen LogP) is 5.46. The molecule has 0 aliphatic rings. The van der Waals surface area contributed by atoms with Crippen LogP contribution in [-0.4, -0.2) is 9.13 Å². The Hall–Kier alpha value is -3.59. The Balaban J connectivity index is 2.00. The van der Waals surface area contributed by atoms with Crippen LogP contribution in [0.2, 0.25) is 0 Å². The smallest absolute Gasteiger partial charge is 0.275 e. The second-order valence-corrected chi connectivity index (χ2v) is 7.21. The van der Waals surface area contributed by atoms with Gasteiger partial charge in [-0.25, -0.2) is 0 Å². The van der Waals surface area contributed by atoms with E-state index in [1.807, 2.05) is 43.4 Å². The fourth-order valence-corrected chi connectivity index (χ4v) is 3.97. The Morgan fingerprint density at radius 1 is 0.750 bits per heavy atom. The van der Waals surface area contributed by atoms with E-state index in [4.69, 9.17) is 0 Å². The maximum Gasteiger partial charge on any atom is 0.275 e. The van der Waals surface area contributed by atoms with Crippen molar-refractivity contribution in [3.8, 4) is 16.9 Å². The highest BCUT2D eigenvalue weighted by molar-refractivity contribution is 6.07. The molecule has 3 nitrogen and oxygen atoms in total. The summed E-state index contributed by atoms with van der Waals surface area (Å²) in [6.45, 7) is 2.07. The van der Waals surface area contributed by atoms with E-state index in [0.29, 0.717) is 5.52 Å². The minimum atomic E-state index is 0.0106. The zero-order valence-corrected chi connectivity index (χ0v) is 15.9. The number of hydrogen-bond acceptors (Lipinski definition) is 1. The van der Waals surface area contributed by atoms with Crippen LogP contribution in [0.3, 0.4) is 0 Å². The zero-order valence-electron chi connectivity index (χ0n) is 15.9. The fraction of sp³-hybridized carbons (Fsp3) is 0.0800. The van der Waals surface area contributed by atoms with E-state index >= 15 is 0 Å². The minimum Gasteiger partial charge on any atom is -0.310 e. The highest BCUT2D eigenvalue weighted by atomic mass is 16.1. The van der Waals surface area contributed by atoms with Gasteiger partial charge in [0.1, 0.15) is 5.52 Å². The number of nitrogens with zero attached hydrogens (tertiary/aromatic N) is 2. The summed E-state index contributed by atoms with van der Waals surface area (Å²) in [4.78, 5) is 13.4. The molecule has 0 radical (unpaired) electrons. The number of benzene rings is 3. The third-order valence-corrected chi connectivity index (χ3v) is 5.43. The Morgan fingerprint density at radius 3 is 2.18 bits per heavy atom. The molecule has 3 heteroatoms. The van der Waals surface area contributed by atoms with Crippen molar-refractivity contribution >= 4 is 21.8 Å². The molecule has 0 atom stereocenters. The molecule has 0 fully saturated rings. The Morgan fingerprint density at radius 2 is 1.43 bits per heavy atom. The summed E-state index contributed by atoms with van der Waals surface area (Å²) >= 11 is 0. The molecule has 0 saturated carbocycles. The van der Waals surface area contributed by atoms with E-state index in [1.165, 1.54) is 5.56 Å². The summed E-state index contributed by atoms with van der Waals surface area (Å²) in [6.07, 6.45) is 0. The molecular formula is C25H20N2O. The lowest BCUT2D eigenvalue weighted by Crippen LogP contribution is -2.19. The molecule has 0 spiro atoms. The molecule has 0 aliphatic carbocycles. The molecule has 5 rings (SSSR count). The first-order valence-electron chi connectivity index (χ1n) is 9.41. The van der Waals surface area contributed by atoms with Gasteiger partial charge in [0.05, 0.1) is 11.2 Å². The first-order valence-corrected chi connectivity index (χ1v) is 9.41.